The van der Waals surface area contributed by atoms with E-state index in [1.54, 1.807) is 58.7 Å². The van der Waals surface area contributed by atoms with Crippen molar-refractivity contribution in [2.24, 2.45) is 5.73 Å². The molecule has 0 spiro atoms. The highest BCUT2D eigenvalue weighted by Crippen LogP contribution is 2.32. The number of aryl methyl sites for hydroxylation is 8. The molecular weight excluding hydrogens is 1310 g/mol. The van der Waals surface area contributed by atoms with Crippen LogP contribution in [0.15, 0.2) is 132 Å². The van der Waals surface area contributed by atoms with Gasteiger partial charge < -0.3 is 30.6 Å². The number of ether oxygens (including phenoxy) is 3. The van der Waals surface area contributed by atoms with Crippen LogP contribution in [0.1, 0.15) is 96.1 Å². The van der Waals surface area contributed by atoms with E-state index in [2.05, 4.69) is 76.3 Å². The fourth-order valence-electron chi connectivity index (χ4n) is 11.4. The van der Waals surface area contributed by atoms with E-state index >= 15 is 0 Å². The van der Waals surface area contributed by atoms with Crippen molar-refractivity contribution >= 4 is 69.3 Å². The number of anilines is 2. The van der Waals surface area contributed by atoms with Crippen LogP contribution in [0.25, 0.3) is 78.1 Å². The van der Waals surface area contributed by atoms with Crippen LogP contribution >= 0.6 is 23.2 Å². The fourth-order valence-corrected chi connectivity index (χ4v) is 11.7. The second-order valence-electron chi connectivity index (χ2n) is 23.6. The minimum atomic E-state index is -0.230. The van der Waals surface area contributed by atoms with Gasteiger partial charge in [0, 0.05) is 153 Å². The number of methoxy groups -OCH3 is 1. The van der Waals surface area contributed by atoms with Gasteiger partial charge in [-0.3, -0.25) is 58.2 Å². The number of hydrogen-bond donors (Lipinski definition) is 3. The molecule has 11 aromatic rings. The lowest BCUT2D eigenvalue weighted by atomic mass is 9.97. The highest BCUT2D eigenvalue weighted by molar-refractivity contribution is 6.28. The summed E-state index contributed by atoms with van der Waals surface area (Å²) in [6, 6.07) is 22.4. The summed E-state index contributed by atoms with van der Waals surface area (Å²) in [5.41, 5.74) is 22.2. The summed E-state index contributed by atoms with van der Waals surface area (Å²) in [5.74, 6) is 0.799. The smallest absolute Gasteiger partial charge is 0.309 e. The summed E-state index contributed by atoms with van der Waals surface area (Å²) in [6.45, 7) is 22.5. The topological polar surface area (TPSA) is 311 Å². The average Bonchev–Trinajstić information content (AvgIpc) is 0.771. The third kappa shape index (κ3) is 18.7. The van der Waals surface area contributed by atoms with Crippen molar-refractivity contribution in [1.29, 1.82) is 0 Å². The highest BCUT2D eigenvalue weighted by Gasteiger charge is 2.20. The predicted molar refractivity (Wildman–Crippen MR) is 391 cm³/mol. The molecule has 100 heavy (non-hydrogen) atoms. The van der Waals surface area contributed by atoms with Crippen molar-refractivity contribution in [2.75, 3.05) is 50.7 Å². The molecule has 0 saturated carbocycles. The molecule has 4 N–H and O–H groups in total. The number of nitrogens with zero attached hydrogens (tertiary/aromatic N) is 14. The van der Waals surface area contributed by atoms with E-state index in [1.165, 1.54) is 13.3 Å². The number of carbonyl (C=O) groups excluding carboxylic acids is 2. The van der Waals surface area contributed by atoms with Gasteiger partial charge in [0.1, 0.15) is 17.1 Å². The van der Waals surface area contributed by atoms with Crippen LogP contribution < -0.4 is 27.5 Å². The summed E-state index contributed by atoms with van der Waals surface area (Å²) in [6.07, 6.45) is 19.8. The zero-order chi connectivity index (χ0) is 71.4. The Labute approximate surface area is 589 Å². The van der Waals surface area contributed by atoms with E-state index in [-0.39, 0.29) is 33.7 Å². The molecule has 0 unspecified atom stereocenters. The number of fused-ring (bicyclic) bond motifs is 2. The van der Waals surface area contributed by atoms with Crippen LogP contribution in [-0.4, -0.2) is 133 Å². The van der Waals surface area contributed by atoms with Crippen molar-refractivity contribution in [2.45, 2.75) is 120 Å². The van der Waals surface area contributed by atoms with Crippen LogP contribution in [-0.2, 0) is 38.5 Å². The molecule has 13 rings (SSSR count). The maximum atomic E-state index is 13.5. The van der Waals surface area contributed by atoms with Gasteiger partial charge in [-0.1, -0.05) is 36.4 Å². The number of benzene rings is 3. The molecule has 24 nitrogen and oxygen atoms in total. The van der Waals surface area contributed by atoms with Crippen molar-refractivity contribution < 1.29 is 23.8 Å². The third-order valence-corrected chi connectivity index (χ3v) is 17.1. The Kier molecular flexibility index (Phi) is 26.3. The molecule has 2 saturated heterocycles. The average molecular weight is 1390 g/mol. The molecule has 8 aromatic heterocycles. The van der Waals surface area contributed by atoms with Gasteiger partial charge in [-0.25, -0.2) is 19.9 Å². The summed E-state index contributed by atoms with van der Waals surface area (Å²) in [7, 11) is 1.40. The number of aldehydes is 1. The largest absolute Gasteiger partial charge is 0.469 e. The van der Waals surface area contributed by atoms with Crippen LogP contribution in [0.3, 0.4) is 0 Å². The first kappa shape index (κ1) is 74.0. The molecule has 0 atom stereocenters. The molecule has 0 amide bonds. The Morgan fingerprint density at radius 1 is 0.570 bits per heavy atom. The summed E-state index contributed by atoms with van der Waals surface area (Å²) >= 11 is 11.5. The zero-order valence-corrected chi connectivity index (χ0v) is 59.2. The number of halogens is 2. The molecule has 2 aliphatic heterocycles. The number of nitrogens with two attached hydrogens (primary N) is 1. The standard InChI is InChI=1S/C26H28N6O2.C21H18ClN5O.C15H16N2O2.C7H8ClN3O.C5H11NO/c1-4-32-24-19(15-29-26(31-24)30-20-7-11-34-12-8-20)14-22(25(32)33)21-6-5-18(13-16(21)2)23-17(3)27-9-10-28-23;1-4-27-19-15(11-25-21(22)26-19)10-17(20(27)28)16-6-5-14(9-12(16)2)18-13(3)23-7-8-24-18;1-10-8-13(15-11(2)16-6-7-17-15)5-4-12(10)9-14(18)19-3;1-2-9-6-5(4-12)3-10-7(8)11-6;6-5-1-3-7-4-2-5/h5-6,9-10,13-15,20H,4,7-8,11-12H2,1-3H3,(H,29,30,31);5-11H,4H2,1-3H3;4-8H,9H2,1-3H3;3-4H,2H2,1H3,(H,9,10,11);5H,1-4,6H2. The van der Waals surface area contributed by atoms with E-state index in [0.717, 1.165) is 147 Å². The van der Waals surface area contributed by atoms with E-state index in [1.807, 2.05) is 123 Å². The fraction of sp³-hybridized carbons (Fsp3) is 0.324. The Morgan fingerprint density at radius 2 is 1.02 bits per heavy atom. The van der Waals surface area contributed by atoms with E-state index in [4.69, 9.17) is 43.4 Å². The van der Waals surface area contributed by atoms with Crippen molar-refractivity contribution in [3.63, 3.8) is 0 Å². The second kappa shape index (κ2) is 35.5. The minimum absolute atomic E-state index is 0.0581. The van der Waals surface area contributed by atoms with Crippen LogP contribution in [0, 0.1) is 41.5 Å². The van der Waals surface area contributed by atoms with Crippen molar-refractivity contribution in [1.82, 2.24) is 68.9 Å². The number of aromatic nitrogens is 14. The van der Waals surface area contributed by atoms with Crippen LogP contribution in [0.2, 0.25) is 10.6 Å². The molecule has 2 aliphatic rings. The van der Waals surface area contributed by atoms with Gasteiger partial charge in [0.15, 0.2) is 6.29 Å². The lowest BCUT2D eigenvalue weighted by Crippen LogP contribution is -2.29. The molecule has 518 valence electrons. The molecule has 3 aromatic carbocycles. The normalized spacial score (nSPS) is 12.9. The Morgan fingerprint density at radius 3 is 1.46 bits per heavy atom. The van der Waals surface area contributed by atoms with E-state index in [0.29, 0.717) is 78.1 Å². The highest BCUT2D eigenvalue weighted by atomic mass is 35.5. The number of esters is 1. The van der Waals surface area contributed by atoms with Gasteiger partial charge in [0.2, 0.25) is 16.5 Å². The van der Waals surface area contributed by atoms with Gasteiger partial charge in [-0.2, -0.15) is 9.97 Å². The predicted octanol–water partition coefficient (Wildman–Crippen LogP) is 12.3. The van der Waals surface area contributed by atoms with Gasteiger partial charge in [0.05, 0.1) is 53.3 Å². The Bertz CT molecular complexity index is 4810. The quantitative estimate of drug-likeness (QED) is 0.0517. The minimum Gasteiger partial charge on any atom is -0.469 e. The molecule has 10 heterocycles. The molecule has 0 radical (unpaired) electrons. The summed E-state index contributed by atoms with van der Waals surface area (Å²) < 4.78 is 18.5. The molecule has 0 bridgehead atoms. The summed E-state index contributed by atoms with van der Waals surface area (Å²) in [5, 5.41) is 8.17. The van der Waals surface area contributed by atoms with E-state index < -0.39 is 0 Å². The van der Waals surface area contributed by atoms with Gasteiger partial charge >= 0.3 is 5.97 Å². The molecule has 0 aliphatic carbocycles. The number of rotatable bonds is 14. The lowest BCUT2D eigenvalue weighted by Gasteiger charge is -2.23. The Hall–Kier alpha value is -10.2. The second-order valence-corrected chi connectivity index (χ2v) is 24.3. The first-order valence-corrected chi connectivity index (χ1v) is 33.7. The number of carbonyl (C=O) groups is 2. The van der Waals surface area contributed by atoms with E-state index in [9.17, 15) is 19.2 Å². The van der Waals surface area contributed by atoms with Crippen molar-refractivity contribution in [3.8, 4) is 56.0 Å². The third-order valence-electron chi connectivity index (χ3n) is 16.7. The first-order chi connectivity index (χ1) is 48.3. The molecular formula is C74H81Cl2N17O7. The number of nitrogens with one attached hydrogen (secondary N) is 2. The van der Waals surface area contributed by atoms with Crippen LogP contribution in [0.5, 0.6) is 0 Å². The SMILES string of the molecule is CCNc1nc(Cl)ncc1C=O.CCn1c(=O)c(-c2ccc(-c3nccnc3C)cc2C)cc2cnc(Cl)nc21.CCn1c(=O)c(-c2ccc(-c3nccnc3C)cc2C)cc2cnc(NC3CCOCC3)nc21.COC(=O)Cc1ccc(-c2nccnc2C)cc1C.NC1CCOCC1. The summed E-state index contributed by atoms with van der Waals surface area (Å²) in [4.78, 5) is 99.6. The molecule has 2 fully saturated rings. The zero-order valence-electron chi connectivity index (χ0n) is 57.7. The Balaban J connectivity index is 0.000000158. The van der Waals surface area contributed by atoms with Gasteiger partial charge in [0.25, 0.3) is 11.1 Å². The maximum Gasteiger partial charge on any atom is 0.309 e. The lowest BCUT2D eigenvalue weighted by molar-refractivity contribution is -0.139. The van der Waals surface area contributed by atoms with Gasteiger partial charge in [-0.05, 0) is 175 Å². The number of pyridine rings is 2. The number of hydrogen-bond acceptors (Lipinski definition) is 22. The molecule has 26 heteroatoms. The van der Waals surface area contributed by atoms with Crippen LogP contribution in [0.4, 0.5) is 11.8 Å². The van der Waals surface area contributed by atoms with Gasteiger partial charge in [-0.15, -0.1) is 0 Å². The monoisotopic (exact) mass is 1390 g/mol. The van der Waals surface area contributed by atoms with Crippen molar-refractivity contribution in [3.05, 3.63) is 199 Å². The first-order valence-electron chi connectivity index (χ1n) is 32.9. The maximum absolute atomic E-state index is 13.5.